The van der Waals surface area contributed by atoms with Crippen molar-refractivity contribution < 1.29 is 8.12 Å². The van der Waals surface area contributed by atoms with E-state index in [2.05, 4.69) is 0 Å². The summed E-state index contributed by atoms with van der Waals surface area (Å²) < 4.78 is 15.5. The number of hydrogen-bond acceptors (Lipinski definition) is 2. The summed E-state index contributed by atoms with van der Waals surface area (Å²) in [4.78, 5) is 0. The molecular formula is C3H9Cl2GeO2P. The second-order valence-electron chi connectivity index (χ2n) is 2.62. The average molecular weight is 252 g/mol. The van der Waals surface area contributed by atoms with E-state index in [-0.39, 0.29) is 0 Å². The molecule has 0 saturated carbocycles. The Balaban J connectivity index is 3.90. The van der Waals surface area contributed by atoms with Gasteiger partial charge in [-0.15, -0.1) is 0 Å². The second-order valence-corrected chi connectivity index (χ2v) is 16.8. The van der Waals surface area contributed by atoms with Gasteiger partial charge in [0.15, 0.2) is 0 Å². The van der Waals surface area contributed by atoms with Gasteiger partial charge in [-0.1, -0.05) is 0 Å². The zero-order chi connectivity index (χ0) is 7.71. The van der Waals surface area contributed by atoms with Gasteiger partial charge in [0.05, 0.1) is 0 Å². The third-order valence-electron chi connectivity index (χ3n) is 0.380. The monoisotopic (exact) mass is 252 g/mol. The molecule has 0 spiro atoms. The van der Waals surface area contributed by atoms with Crippen molar-refractivity contribution >= 4 is 42.2 Å². The maximum atomic E-state index is 10.6. The fraction of sp³-hybridized carbons (Fsp3) is 1.00. The van der Waals surface area contributed by atoms with Crippen LogP contribution < -0.4 is 0 Å². The molecule has 0 atom stereocenters. The second kappa shape index (κ2) is 3.14. The minimum atomic E-state index is -3.26. The minimum absolute atomic E-state index is 1.91. The van der Waals surface area contributed by atoms with Crippen molar-refractivity contribution in [2.24, 2.45) is 0 Å². The van der Waals surface area contributed by atoms with Gasteiger partial charge >= 0.3 is 67.5 Å². The predicted octanol–water partition coefficient (Wildman–Crippen LogP) is 3.42. The van der Waals surface area contributed by atoms with Crippen molar-refractivity contribution in [1.82, 2.24) is 0 Å². The zero-order valence-corrected chi connectivity index (χ0v) is 10.0. The van der Waals surface area contributed by atoms with Gasteiger partial charge in [-0.3, -0.25) is 0 Å². The molecule has 0 saturated heterocycles. The molecule has 0 fully saturated rings. The molecule has 0 aromatic heterocycles. The topological polar surface area (TPSA) is 26.3 Å². The Kier molecular flexibility index (Phi) is 3.60. The summed E-state index contributed by atoms with van der Waals surface area (Å²) in [5, 5.41) is 0. The van der Waals surface area contributed by atoms with Crippen LogP contribution in [0.5, 0.6) is 0 Å². The van der Waals surface area contributed by atoms with Crippen LogP contribution in [0.15, 0.2) is 0 Å². The molecule has 56 valence electrons. The first kappa shape index (κ1) is 10.3. The van der Waals surface area contributed by atoms with Crippen LogP contribution in [0.4, 0.5) is 0 Å². The Labute approximate surface area is 67.6 Å². The van der Waals surface area contributed by atoms with E-state index in [1.807, 2.05) is 17.3 Å². The molecular weight excluding hydrogens is 243 g/mol. The number of hydrogen-bond donors (Lipinski definition) is 0. The predicted molar refractivity (Wildman–Crippen MR) is 43.7 cm³/mol. The van der Waals surface area contributed by atoms with Crippen LogP contribution in [-0.4, -0.2) is 13.6 Å². The molecule has 0 heterocycles. The van der Waals surface area contributed by atoms with Crippen molar-refractivity contribution in [2.75, 3.05) is 0 Å². The number of halogens is 2. The van der Waals surface area contributed by atoms with Gasteiger partial charge < -0.3 is 0 Å². The molecule has 6 heteroatoms. The summed E-state index contributed by atoms with van der Waals surface area (Å²) in [6.07, 6.45) is -3.26. The van der Waals surface area contributed by atoms with E-state index >= 15 is 0 Å². The first-order chi connectivity index (χ1) is 3.71. The van der Waals surface area contributed by atoms with E-state index in [1.54, 1.807) is 0 Å². The van der Waals surface area contributed by atoms with Gasteiger partial charge in [-0.05, 0) is 0 Å². The molecule has 0 aromatic rings. The summed E-state index contributed by atoms with van der Waals surface area (Å²) >= 11 is 8.06. The van der Waals surface area contributed by atoms with Crippen LogP contribution in [-0.2, 0) is 8.12 Å². The van der Waals surface area contributed by atoms with E-state index in [1.165, 1.54) is 0 Å². The van der Waals surface area contributed by atoms with E-state index in [9.17, 15) is 4.57 Å². The molecule has 0 aliphatic heterocycles. The van der Waals surface area contributed by atoms with Crippen molar-refractivity contribution in [3.63, 3.8) is 0 Å². The Morgan fingerprint density at radius 3 is 1.67 bits per heavy atom. The van der Waals surface area contributed by atoms with Crippen LogP contribution in [0.3, 0.4) is 0 Å². The van der Waals surface area contributed by atoms with Crippen molar-refractivity contribution in [3.8, 4) is 0 Å². The van der Waals surface area contributed by atoms with Gasteiger partial charge in [-0.25, -0.2) is 0 Å². The molecule has 0 unspecified atom stereocenters. The Hall–Kier alpha value is 1.31. The number of rotatable bonds is 2. The molecule has 9 heavy (non-hydrogen) atoms. The summed E-state index contributed by atoms with van der Waals surface area (Å²) in [5.74, 6) is 5.74. The maximum absolute atomic E-state index is 10.6. The standard InChI is InChI=1S/C3H9Cl2GeO2P/c1-6(2,3)8-9(4,5)7/h1-3H3. The van der Waals surface area contributed by atoms with Crippen LogP contribution in [0, 0.1) is 0 Å². The fourth-order valence-electron chi connectivity index (χ4n) is 0.319. The van der Waals surface area contributed by atoms with Gasteiger partial charge in [0.25, 0.3) is 0 Å². The molecule has 0 bridgehead atoms. The van der Waals surface area contributed by atoms with E-state index in [0.29, 0.717) is 0 Å². The van der Waals surface area contributed by atoms with Gasteiger partial charge in [-0.2, -0.15) is 0 Å². The first-order valence-electron chi connectivity index (χ1n) is 2.41. The van der Waals surface area contributed by atoms with Gasteiger partial charge in [0, 0.05) is 0 Å². The average Bonchev–Trinajstić information content (AvgIpc) is 1.14. The fourth-order valence-corrected chi connectivity index (χ4v) is 11.4. The zero-order valence-electron chi connectivity index (χ0n) is 5.52. The van der Waals surface area contributed by atoms with Crippen LogP contribution in [0.2, 0.25) is 17.3 Å². The van der Waals surface area contributed by atoms with Gasteiger partial charge in [0.1, 0.15) is 0 Å². The van der Waals surface area contributed by atoms with Crippen LogP contribution >= 0.6 is 28.6 Å². The normalized spacial score (nSPS) is 13.9. The Morgan fingerprint density at radius 2 is 1.67 bits per heavy atom. The summed E-state index contributed by atoms with van der Waals surface area (Å²) in [6, 6.07) is 0. The Bertz CT molecular complexity index is 137. The molecule has 0 aliphatic carbocycles. The molecule has 0 aromatic carbocycles. The van der Waals surface area contributed by atoms with Crippen molar-refractivity contribution in [3.05, 3.63) is 0 Å². The molecule has 0 radical (unpaired) electrons. The van der Waals surface area contributed by atoms with Gasteiger partial charge in [0.2, 0.25) is 0 Å². The van der Waals surface area contributed by atoms with E-state index in [0.717, 1.165) is 0 Å². The SMILES string of the molecule is [CH3][Ge]([CH3])([CH3])[O]P(=O)(Cl)Cl. The quantitative estimate of drug-likeness (QED) is 0.555. The third kappa shape index (κ3) is 9.31. The summed E-state index contributed by atoms with van der Waals surface area (Å²) in [6.45, 7) is 0. The molecule has 0 amide bonds. The molecule has 0 rings (SSSR count). The summed E-state index contributed by atoms with van der Waals surface area (Å²) in [5.41, 5.74) is 0. The first-order valence-corrected chi connectivity index (χ1v) is 13.0. The Morgan fingerprint density at radius 1 is 1.33 bits per heavy atom. The summed E-state index contributed by atoms with van der Waals surface area (Å²) in [7, 11) is 0. The van der Waals surface area contributed by atoms with Crippen molar-refractivity contribution in [2.45, 2.75) is 17.3 Å². The van der Waals surface area contributed by atoms with E-state index < -0.39 is 19.7 Å². The molecule has 0 N–H and O–H groups in total. The van der Waals surface area contributed by atoms with E-state index in [4.69, 9.17) is 26.0 Å². The molecule has 0 aliphatic rings. The van der Waals surface area contributed by atoms with Crippen LogP contribution in [0.1, 0.15) is 0 Å². The third-order valence-corrected chi connectivity index (χ3v) is 8.08. The van der Waals surface area contributed by atoms with Crippen LogP contribution in [0.25, 0.3) is 0 Å². The molecule has 2 nitrogen and oxygen atoms in total. The van der Waals surface area contributed by atoms with Crippen molar-refractivity contribution in [1.29, 1.82) is 0 Å².